The van der Waals surface area contributed by atoms with Crippen LogP contribution in [0.25, 0.3) is 0 Å². The van der Waals surface area contributed by atoms with Gasteiger partial charge in [0, 0.05) is 19.4 Å². The van der Waals surface area contributed by atoms with Crippen molar-refractivity contribution < 1.29 is 4.79 Å². The monoisotopic (exact) mass is 189 g/mol. The van der Waals surface area contributed by atoms with Crippen LogP contribution < -0.4 is 5.73 Å². The highest BCUT2D eigenvalue weighted by Gasteiger charge is 2.24. The molecule has 1 aromatic carbocycles. The van der Waals surface area contributed by atoms with Crippen molar-refractivity contribution in [2.75, 3.05) is 0 Å². The molecule has 0 radical (unpaired) electrons. The van der Waals surface area contributed by atoms with E-state index in [0.29, 0.717) is 24.7 Å². The molecule has 1 atom stereocenters. The summed E-state index contributed by atoms with van der Waals surface area (Å²) < 4.78 is 0. The number of carbonyl (C=O) groups is 1. The Hall–Kier alpha value is -1.15. The van der Waals surface area contributed by atoms with E-state index in [-0.39, 0.29) is 0 Å². The molecule has 1 aromatic rings. The molecule has 1 fully saturated rings. The molecule has 0 aliphatic heterocycles. The van der Waals surface area contributed by atoms with Gasteiger partial charge in [-0.15, -0.1) is 0 Å². The minimum Gasteiger partial charge on any atom is -0.326 e. The van der Waals surface area contributed by atoms with Crippen molar-refractivity contribution in [2.24, 2.45) is 5.73 Å². The quantitative estimate of drug-likeness (QED) is 0.773. The fourth-order valence-corrected chi connectivity index (χ4v) is 2.20. The maximum Gasteiger partial charge on any atom is 0.133 e. The molecule has 0 heterocycles. The number of carbonyl (C=O) groups excluding carboxylic acids is 1. The Labute approximate surface area is 84.1 Å². The van der Waals surface area contributed by atoms with E-state index in [4.69, 9.17) is 5.73 Å². The summed E-state index contributed by atoms with van der Waals surface area (Å²) in [6, 6.07) is 8.18. The second-order valence-electron chi connectivity index (χ2n) is 3.88. The fourth-order valence-electron chi connectivity index (χ4n) is 2.20. The lowest BCUT2D eigenvalue weighted by Crippen LogP contribution is -2.04. The maximum absolute atomic E-state index is 11.2. The summed E-state index contributed by atoms with van der Waals surface area (Å²) in [6.45, 7) is 0.570. The van der Waals surface area contributed by atoms with Crippen LogP contribution in [0.1, 0.15) is 36.3 Å². The van der Waals surface area contributed by atoms with Gasteiger partial charge in [-0.25, -0.2) is 0 Å². The minimum absolute atomic E-state index is 0.391. The normalized spacial score (nSPS) is 21.5. The number of ketones is 1. The summed E-state index contributed by atoms with van der Waals surface area (Å²) in [4.78, 5) is 11.2. The average molecular weight is 189 g/mol. The fraction of sp³-hybridized carbons (Fsp3) is 0.417. The molecular weight excluding hydrogens is 174 g/mol. The van der Waals surface area contributed by atoms with Crippen LogP contribution in [0, 0.1) is 0 Å². The van der Waals surface area contributed by atoms with Crippen molar-refractivity contribution in [3.8, 4) is 0 Å². The summed E-state index contributed by atoms with van der Waals surface area (Å²) in [5.41, 5.74) is 8.13. The predicted octanol–water partition coefficient (Wildman–Crippen LogP) is 1.98. The highest BCUT2D eigenvalue weighted by atomic mass is 16.1. The molecule has 2 heteroatoms. The van der Waals surface area contributed by atoms with Gasteiger partial charge in [0.25, 0.3) is 0 Å². The first-order valence-electron chi connectivity index (χ1n) is 5.11. The molecule has 2 nitrogen and oxygen atoms in total. The summed E-state index contributed by atoms with van der Waals surface area (Å²) in [5.74, 6) is 0.809. The van der Waals surface area contributed by atoms with Gasteiger partial charge in [0.1, 0.15) is 5.78 Å². The van der Waals surface area contributed by atoms with Crippen LogP contribution in [0.4, 0.5) is 0 Å². The molecular formula is C12H15NO. The van der Waals surface area contributed by atoms with E-state index in [9.17, 15) is 4.79 Å². The van der Waals surface area contributed by atoms with Crippen LogP contribution in [0.3, 0.4) is 0 Å². The van der Waals surface area contributed by atoms with Gasteiger partial charge in [-0.2, -0.15) is 0 Å². The average Bonchev–Trinajstić information content (AvgIpc) is 2.65. The van der Waals surface area contributed by atoms with Gasteiger partial charge < -0.3 is 5.73 Å². The third kappa shape index (κ3) is 1.70. The second kappa shape index (κ2) is 3.93. The van der Waals surface area contributed by atoms with Crippen LogP contribution >= 0.6 is 0 Å². The molecule has 0 saturated heterocycles. The van der Waals surface area contributed by atoms with E-state index in [1.54, 1.807) is 0 Å². The second-order valence-corrected chi connectivity index (χ2v) is 3.88. The number of benzene rings is 1. The Morgan fingerprint density at radius 1 is 1.36 bits per heavy atom. The molecule has 0 amide bonds. The lowest BCUT2D eigenvalue weighted by atomic mass is 9.93. The van der Waals surface area contributed by atoms with Crippen LogP contribution in [0.2, 0.25) is 0 Å². The Morgan fingerprint density at radius 3 is 2.79 bits per heavy atom. The van der Waals surface area contributed by atoms with Gasteiger partial charge in [-0.05, 0) is 23.5 Å². The van der Waals surface area contributed by atoms with E-state index in [2.05, 4.69) is 12.1 Å². The molecule has 1 unspecified atom stereocenters. The lowest BCUT2D eigenvalue weighted by Gasteiger charge is -2.12. The van der Waals surface area contributed by atoms with Gasteiger partial charge in [0.15, 0.2) is 0 Å². The van der Waals surface area contributed by atoms with Crippen LogP contribution in [0.5, 0.6) is 0 Å². The highest BCUT2D eigenvalue weighted by molar-refractivity contribution is 5.81. The predicted molar refractivity (Wildman–Crippen MR) is 55.9 cm³/mol. The minimum atomic E-state index is 0.391. The molecule has 2 rings (SSSR count). The van der Waals surface area contributed by atoms with Crippen LogP contribution in [-0.2, 0) is 11.3 Å². The van der Waals surface area contributed by atoms with Crippen molar-refractivity contribution in [1.82, 2.24) is 0 Å². The largest absolute Gasteiger partial charge is 0.326 e. The first-order valence-corrected chi connectivity index (χ1v) is 5.11. The van der Waals surface area contributed by atoms with Crippen LogP contribution in [-0.4, -0.2) is 5.78 Å². The van der Waals surface area contributed by atoms with Crippen LogP contribution in [0.15, 0.2) is 24.3 Å². The Balaban J connectivity index is 2.27. The van der Waals surface area contributed by atoms with E-state index in [1.807, 2.05) is 12.1 Å². The Kier molecular flexibility index (Phi) is 2.64. The lowest BCUT2D eigenvalue weighted by molar-refractivity contribution is -0.117. The summed E-state index contributed by atoms with van der Waals surface area (Å²) >= 11 is 0. The van der Waals surface area contributed by atoms with Crippen molar-refractivity contribution >= 4 is 5.78 Å². The molecule has 2 N–H and O–H groups in total. The number of rotatable bonds is 2. The van der Waals surface area contributed by atoms with Gasteiger partial charge >= 0.3 is 0 Å². The number of Topliss-reactive ketones (excluding diaryl/α,β-unsaturated/α-hetero) is 1. The van der Waals surface area contributed by atoms with Gasteiger partial charge in [-0.1, -0.05) is 24.3 Å². The zero-order chi connectivity index (χ0) is 9.97. The van der Waals surface area contributed by atoms with Crippen molar-refractivity contribution in [1.29, 1.82) is 0 Å². The third-order valence-corrected chi connectivity index (χ3v) is 2.96. The van der Waals surface area contributed by atoms with E-state index in [1.165, 1.54) is 11.1 Å². The summed E-state index contributed by atoms with van der Waals surface area (Å²) in [5, 5.41) is 0. The molecule has 74 valence electrons. The topological polar surface area (TPSA) is 43.1 Å². The molecule has 0 spiro atoms. The molecule has 14 heavy (non-hydrogen) atoms. The van der Waals surface area contributed by atoms with Gasteiger partial charge in [0.2, 0.25) is 0 Å². The highest BCUT2D eigenvalue weighted by Crippen LogP contribution is 2.33. The first-order chi connectivity index (χ1) is 6.81. The zero-order valence-electron chi connectivity index (χ0n) is 8.20. The van der Waals surface area contributed by atoms with E-state index in [0.717, 1.165) is 12.8 Å². The molecule has 1 saturated carbocycles. The van der Waals surface area contributed by atoms with Gasteiger partial charge in [-0.3, -0.25) is 4.79 Å². The number of hydrogen-bond donors (Lipinski definition) is 1. The Morgan fingerprint density at radius 2 is 2.14 bits per heavy atom. The number of nitrogens with two attached hydrogens (primary N) is 1. The first kappa shape index (κ1) is 9.41. The Bertz CT molecular complexity index is 346. The number of hydrogen-bond acceptors (Lipinski definition) is 2. The molecule has 1 aliphatic carbocycles. The van der Waals surface area contributed by atoms with Crippen molar-refractivity contribution in [3.05, 3.63) is 35.4 Å². The third-order valence-electron chi connectivity index (χ3n) is 2.96. The van der Waals surface area contributed by atoms with Crippen molar-refractivity contribution in [3.63, 3.8) is 0 Å². The molecule has 1 aliphatic rings. The smallest absolute Gasteiger partial charge is 0.133 e. The molecule has 0 aromatic heterocycles. The maximum atomic E-state index is 11.2. The molecule has 0 bridgehead atoms. The van der Waals surface area contributed by atoms with E-state index >= 15 is 0 Å². The summed E-state index contributed by atoms with van der Waals surface area (Å²) in [7, 11) is 0. The van der Waals surface area contributed by atoms with E-state index < -0.39 is 0 Å². The zero-order valence-corrected chi connectivity index (χ0v) is 8.20. The summed E-state index contributed by atoms with van der Waals surface area (Å²) in [6.07, 6.45) is 2.44. The standard InChI is InChI=1S/C12H15NO/c13-8-10-3-1-2-4-12(10)9-5-6-11(14)7-9/h1-4,9H,5-8,13H2. The SMILES string of the molecule is NCc1ccccc1C1CCC(=O)C1. The van der Waals surface area contributed by atoms with Gasteiger partial charge in [0.05, 0.1) is 0 Å². The van der Waals surface area contributed by atoms with Crippen molar-refractivity contribution in [2.45, 2.75) is 31.7 Å².